The minimum atomic E-state index is 0.400. The molecule has 0 aliphatic carbocycles. The van der Waals surface area contributed by atoms with Gasteiger partial charge in [0.05, 0.1) is 5.76 Å². The fourth-order valence-corrected chi connectivity index (χ4v) is 1.06. The average molecular weight is 168 g/mol. The number of allylic oxidation sites excluding steroid dienone is 4. The second-order valence-electron chi connectivity index (χ2n) is 3.54. The van der Waals surface area contributed by atoms with Crippen molar-refractivity contribution in [1.29, 1.82) is 0 Å². The standard InChI is InChI=1S/C11H20O/c1-6-9(4)7-11(8(2)3)10(5)12/h7-8,12H,6H2,1-5H3/b9-7+,11-10-. The topological polar surface area (TPSA) is 20.2 Å². The van der Waals surface area contributed by atoms with Gasteiger partial charge in [0.1, 0.15) is 0 Å². The van der Waals surface area contributed by atoms with Crippen LogP contribution < -0.4 is 0 Å². The van der Waals surface area contributed by atoms with Gasteiger partial charge in [0, 0.05) is 0 Å². The van der Waals surface area contributed by atoms with Gasteiger partial charge in [-0.1, -0.05) is 32.4 Å². The number of aliphatic hydroxyl groups excluding tert-OH is 1. The molecule has 0 aliphatic heterocycles. The summed E-state index contributed by atoms with van der Waals surface area (Å²) in [6.07, 6.45) is 3.13. The molecule has 0 unspecified atom stereocenters. The molecule has 0 fully saturated rings. The van der Waals surface area contributed by atoms with Crippen molar-refractivity contribution in [3.05, 3.63) is 23.0 Å². The highest BCUT2D eigenvalue weighted by Crippen LogP contribution is 2.17. The molecule has 0 aromatic carbocycles. The lowest BCUT2D eigenvalue weighted by molar-refractivity contribution is 0.401. The third-order valence-electron chi connectivity index (χ3n) is 2.00. The van der Waals surface area contributed by atoms with Crippen molar-refractivity contribution in [3.63, 3.8) is 0 Å². The van der Waals surface area contributed by atoms with Crippen LogP contribution in [0.5, 0.6) is 0 Å². The predicted molar refractivity (Wildman–Crippen MR) is 54.2 cm³/mol. The Morgan fingerprint density at radius 1 is 1.33 bits per heavy atom. The molecule has 0 saturated heterocycles. The van der Waals surface area contributed by atoms with Crippen molar-refractivity contribution in [1.82, 2.24) is 0 Å². The van der Waals surface area contributed by atoms with Gasteiger partial charge in [0.15, 0.2) is 0 Å². The highest BCUT2D eigenvalue weighted by Gasteiger charge is 2.03. The first-order valence-corrected chi connectivity index (χ1v) is 4.55. The Bertz CT molecular complexity index is 193. The molecule has 0 rings (SSSR count). The number of hydrogen-bond acceptors (Lipinski definition) is 1. The van der Waals surface area contributed by atoms with E-state index in [4.69, 9.17) is 0 Å². The third-order valence-corrected chi connectivity index (χ3v) is 2.00. The van der Waals surface area contributed by atoms with Gasteiger partial charge in [0.25, 0.3) is 0 Å². The van der Waals surface area contributed by atoms with Gasteiger partial charge in [-0.25, -0.2) is 0 Å². The van der Waals surface area contributed by atoms with Gasteiger partial charge >= 0.3 is 0 Å². The fourth-order valence-electron chi connectivity index (χ4n) is 1.06. The molecule has 0 radical (unpaired) electrons. The van der Waals surface area contributed by atoms with Gasteiger partial charge in [0.2, 0.25) is 0 Å². The Labute approximate surface area is 75.8 Å². The Hall–Kier alpha value is -0.720. The van der Waals surface area contributed by atoms with Crippen LogP contribution in [0.3, 0.4) is 0 Å². The highest BCUT2D eigenvalue weighted by atomic mass is 16.3. The van der Waals surface area contributed by atoms with Gasteiger partial charge in [-0.2, -0.15) is 0 Å². The van der Waals surface area contributed by atoms with E-state index in [0.29, 0.717) is 11.7 Å². The summed E-state index contributed by atoms with van der Waals surface area (Å²) in [5, 5.41) is 9.36. The lowest BCUT2D eigenvalue weighted by Crippen LogP contribution is -1.95. The molecule has 0 amide bonds. The van der Waals surface area contributed by atoms with E-state index in [1.54, 1.807) is 6.92 Å². The molecule has 0 atom stereocenters. The molecule has 0 saturated carbocycles. The Balaban J connectivity index is 4.69. The largest absolute Gasteiger partial charge is 0.512 e. The van der Waals surface area contributed by atoms with Crippen LogP contribution in [0, 0.1) is 5.92 Å². The Morgan fingerprint density at radius 3 is 2.08 bits per heavy atom. The molecule has 1 heteroatoms. The van der Waals surface area contributed by atoms with Crippen LogP contribution in [0.15, 0.2) is 23.0 Å². The maximum atomic E-state index is 9.36. The molecule has 0 heterocycles. The second-order valence-corrected chi connectivity index (χ2v) is 3.54. The third kappa shape index (κ3) is 3.61. The maximum Gasteiger partial charge on any atom is 0.0926 e. The van der Waals surface area contributed by atoms with Crippen molar-refractivity contribution in [2.75, 3.05) is 0 Å². The molecule has 0 bridgehead atoms. The van der Waals surface area contributed by atoms with Gasteiger partial charge < -0.3 is 5.11 Å². The maximum absolute atomic E-state index is 9.36. The summed E-state index contributed by atoms with van der Waals surface area (Å²) in [6.45, 7) is 10.1. The van der Waals surface area contributed by atoms with E-state index < -0.39 is 0 Å². The Morgan fingerprint density at radius 2 is 1.83 bits per heavy atom. The molecule has 0 spiro atoms. The van der Waals surface area contributed by atoms with Crippen LogP contribution in [-0.2, 0) is 0 Å². The SMILES string of the molecule is CC/C(C)=C/C(=C(\C)O)C(C)C. The average Bonchev–Trinajstić information content (AvgIpc) is 1.98. The Kier molecular flexibility index (Phi) is 4.72. The molecular formula is C11H20O. The van der Waals surface area contributed by atoms with E-state index in [-0.39, 0.29) is 0 Å². The summed E-state index contributed by atoms with van der Waals surface area (Å²) in [4.78, 5) is 0. The minimum absolute atomic E-state index is 0.400. The zero-order chi connectivity index (χ0) is 9.72. The summed E-state index contributed by atoms with van der Waals surface area (Å²) >= 11 is 0. The van der Waals surface area contributed by atoms with Crippen LogP contribution in [0.4, 0.5) is 0 Å². The summed E-state index contributed by atoms with van der Waals surface area (Å²) in [5.41, 5.74) is 2.36. The zero-order valence-corrected chi connectivity index (χ0v) is 8.81. The summed E-state index contributed by atoms with van der Waals surface area (Å²) < 4.78 is 0. The molecular weight excluding hydrogens is 148 g/mol. The molecule has 12 heavy (non-hydrogen) atoms. The summed E-state index contributed by atoms with van der Waals surface area (Å²) in [5.74, 6) is 0.842. The van der Waals surface area contributed by atoms with E-state index in [1.807, 2.05) is 0 Å². The summed E-state index contributed by atoms with van der Waals surface area (Å²) in [6, 6.07) is 0. The van der Waals surface area contributed by atoms with Gasteiger partial charge in [-0.15, -0.1) is 0 Å². The van der Waals surface area contributed by atoms with Crippen molar-refractivity contribution in [3.8, 4) is 0 Å². The lowest BCUT2D eigenvalue weighted by atomic mass is 9.99. The van der Waals surface area contributed by atoms with E-state index in [2.05, 4.69) is 33.8 Å². The minimum Gasteiger partial charge on any atom is -0.512 e. The molecule has 0 aromatic heterocycles. The number of rotatable bonds is 3. The highest BCUT2D eigenvalue weighted by molar-refractivity contribution is 5.26. The van der Waals surface area contributed by atoms with Gasteiger partial charge in [-0.05, 0) is 31.8 Å². The van der Waals surface area contributed by atoms with E-state index >= 15 is 0 Å². The van der Waals surface area contributed by atoms with Crippen LogP contribution in [-0.4, -0.2) is 5.11 Å². The molecule has 70 valence electrons. The smallest absolute Gasteiger partial charge is 0.0926 e. The summed E-state index contributed by atoms with van der Waals surface area (Å²) in [7, 11) is 0. The van der Waals surface area contributed by atoms with Crippen molar-refractivity contribution in [2.45, 2.75) is 41.0 Å². The van der Waals surface area contributed by atoms with Crippen LogP contribution in [0.1, 0.15) is 41.0 Å². The zero-order valence-electron chi connectivity index (χ0n) is 8.81. The van der Waals surface area contributed by atoms with Crippen molar-refractivity contribution >= 4 is 0 Å². The first kappa shape index (κ1) is 11.3. The first-order valence-electron chi connectivity index (χ1n) is 4.55. The predicted octanol–water partition coefficient (Wildman–Crippen LogP) is 3.83. The molecule has 0 aromatic rings. The molecule has 1 nitrogen and oxygen atoms in total. The number of aliphatic hydroxyl groups is 1. The van der Waals surface area contributed by atoms with Crippen LogP contribution >= 0.6 is 0 Å². The van der Waals surface area contributed by atoms with Gasteiger partial charge in [-0.3, -0.25) is 0 Å². The van der Waals surface area contributed by atoms with Crippen LogP contribution in [0.25, 0.3) is 0 Å². The van der Waals surface area contributed by atoms with E-state index in [0.717, 1.165) is 12.0 Å². The van der Waals surface area contributed by atoms with Crippen LogP contribution in [0.2, 0.25) is 0 Å². The van der Waals surface area contributed by atoms with Crippen molar-refractivity contribution < 1.29 is 5.11 Å². The number of hydrogen-bond donors (Lipinski definition) is 1. The first-order chi connectivity index (χ1) is 5.49. The second kappa shape index (κ2) is 5.02. The lowest BCUT2D eigenvalue weighted by Gasteiger charge is -2.09. The monoisotopic (exact) mass is 168 g/mol. The fraction of sp³-hybridized carbons (Fsp3) is 0.636. The quantitative estimate of drug-likeness (QED) is 0.501. The molecule has 0 aliphatic rings. The van der Waals surface area contributed by atoms with Crippen molar-refractivity contribution in [2.24, 2.45) is 5.92 Å². The van der Waals surface area contributed by atoms with E-state index in [9.17, 15) is 5.11 Å². The van der Waals surface area contributed by atoms with E-state index in [1.165, 1.54) is 5.57 Å². The normalized spacial score (nSPS) is 15.0. The molecule has 1 N–H and O–H groups in total.